The van der Waals surface area contributed by atoms with Gasteiger partial charge in [-0.3, -0.25) is 0 Å². The van der Waals surface area contributed by atoms with Gasteiger partial charge < -0.3 is 10.3 Å². The SMILES string of the molecule is Cn1cnnc1-c1c(N)cccc1-c1cccc(Br)c1. The smallest absolute Gasteiger partial charge is 0.166 e. The second kappa shape index (κ2) is 5.09. The summed E-state index contributed by atoms with van der Waals surface area (Å²) in [6.07, 6.45) is 1.67. The van der Waals surface area contributed by atoms with E-state index in [2.05, 4.69) is 38.3 Å². The Labute approximate surface area is 125 Å². The monoisotopic (exact) mass is 328 g/mol. The number of anilines is 1. The van der Waals surface area contributed by atoms with E-state index in [1.807, 2.05) is 41.9 Å². The summed E-state index contributed by atoms with van der Waals surface area (Å²) in [5.41, 5.74) is 9.90. The maximum Gasteiger partial charge on any atom is 0.166 e. The maximum absolute atomic E-state index is 6.16. The van der Waals surface area contributed by atoms with Crippen molar-refractivity contribution < 1.29 is 0 Å². The summed E-state index contributed by atoms with van der Waals surface area (Å²) in [4.78, 5) is 0. The van der Waals surface area contributed by atoms with Gasteiger partial charge >= 0.3 is 0 Å². The van der Waals surface area contributed by atoms with Crippen molar-refractivity contribution in [3.05, 3.63) is 53.3 Å². The molecule has 0 aliphatic rings. The second-order valence-corrected chi connectivity index (χ2v) is 5.46. The first-order chi connectivity index (χ1) is 9.66. The lowest BCUT2D eigenvalue weighted by Crippen LogP contribution is -1.98. The molecule has 3 aromatic rings. The van der Waals surface area contributed by atoms with E-state index in [1.165, 1.54) is 0 Å². The summed E-state index contributed by atoms with van der Waals surface area (Å²) >= 11 is 3.50. The number of nitrogen functional groups attached to an aromatic ring is 1. The van der Waals surface area contributed by atoms with Gasteiger partial charge in [-0.1, -0.05) is 40.2 Å². The van der Waals surface area contributed by atoms with Crippen LogP contribution in [0.4, 0.5) is 5.69 Å². The van der Waals surface area contributed by atoms with E-state index in [4.69, 9.17) is 5.73 Å². The highest BCUT2D eigenvalue weighted by molar-refractivity contribution is 9.10. The van der Waals surface area contributed by atoms with Gasteiger partial charge in [0.15, 0.2) is 5.82 Å². The van der Waals surface area contributed by atoms with E-state index in [0.29, 0.717) is 5.69 Å². The van der Waals surface area contributed by atoms with Crippen LogP contribution in [0.5, 0.6) is 0 Å². The minimum absolute atomic E-state index is 0.693. The standard InChI is InChI=1S/C15H13BrN4/c1-20-9-18-19-15(20)14-12(6-3-7-13(14)17)10-4-2-5-11(16)8-10/h2-9H,17H2,1H3. The highest BCUT2D eigenvalue weighted by Crippen LogP contribution is 2.35. The van der Waals surface area contributed by atoms with Crippen LogP contribution in [0.2, 0.25) is 0 Å². The third kappa shape index (κ3) is 2.20. The van der Waals surface area contributed by atoms with Gasteiger partial charge in [0.05, 0.1) is 5.56 Å². The summed E-state index contributed by atoms with van der Waals surface area (Å²) in [7, 11) is 1.91. The molecular weight excluding hydrogens is 316 g/mol. The molecule has 100 valence electrons. The maximum atomic E-state index is 6.16. The van der Waals surface area contributed by atoms with Crippen molar-refractivity contribution in [1.29, 1.82) is 0 Å². The molecule has 3 rings (SSSR count). The number of benzene rings is 2. The zero-order valence-corrected chi connectivity index (χ0v) is 12.5. The van der Waals surface area contributed by atoms with Crippen molar-refractivity contribution >= 4 is 21.6 Å². The molecule has 0 atom stereocenters. The van der Waals surface area contributed by atoms with E-state index in [1.54, 1.807) is 6.33 Å². The van der Waals surface area contributed by atoms with E-state index >= 15 is 0 Å². The van der Waals surface area contributed by atoms with E-state index in [-0.39, 0.29) is 0 Å². The Morgan fingerprint density at radius 1 is 1.15 bits per heavy atom. The van der Waals surface area contributed by atoms with Gasteiger partial charge in [-0.15, -0.1) is 10.2 Å². The molecule has 0 fully saturated rings. The minimum atomic E-state index is 0.693. The third-order valence-corrected chi connectivity index (χ3v) is 3.66. The fraction of sp³-hybridized carbons (Fsp3) is 0.0667. The number of hydrogen-bond donors (Lipinski definition) is 1. The van der Waals surface area contributed by atoms with Crippen LogP contribution < -0.4 is 5.73 Å². The fourth-order valence-electron chi connectivity index (χ4n) is 2.23. The third-order valence-electron chi connectivity index (χ3n) is 3.17. The highest BCUT2D eigenvalue weighted by Gasteiger charge is 2.15. The van der Waals surface area contributed by atoms with Crippen LogP contribution in [0.1, 0.15) is 0 Å². The van der Waals surface area contributed by atoms with Crippen LogP contribution in [-0.4, -0.2) is 14.8 Å². The first kappa shape index (κ1) is 12.9. The van der Waals surface area contributed by atoms with Gasteiger partial charge in [0.25, 0.3) is 0 Å². The molecule has 2 N–H and O–H groups in total. The Bertz CT molecular complexity index is 764. The van der Waals surface area contributed by atoms with Gasteiger partial charge in [-0.25, -0.2) is 0 Å². The molecule has 5 heteroatoms. The number of aryl methyl sites for hydroxylation is 1. The minimum Gasteiger partial charge on any atom is -0.398 e. The predicted octanol–water partition coefficient (Wildman–Crippen LogP) is 3.49. The Kier molecular flexibility index (Phi) is 3.28. The Morgan fingerprint density at radius 3 is 2.65 bits per heavy atom. The lowest BCUT2D eigenvalue weighted by atomic mass is 9.98. The van der Waals surface area contributed by atoms with Gasteiger partial charge in [0.1, 0.15) is 6.33 Å². The normalized spacial score (nSPS) is 10.7. The summed E-state index contributed by atoms with van der Waals surface area (Å²) in [6, 6.07) is 14.0. The molecule has 0 bridgehead atoms. The number of nitrogens with two attached hydrogens (primary N) is 1. The largest absolute Gasteiger partial charge is 0.398 e. The molecule has 0 radical (unpaired) electrons. The molecule has 0 amide bonds. The average molecular weight is 329 g/mol. The number of aromatic nitrogens is 3. The van der Waals surface area contributed by atoms with Crippen molar-refractivity contribution in [2.75, 3.05) is 5.73 Å². The van der Waals surface area contributed by atoms with Crippen molar-refractivity contribution in [1.82, 2.24) is 14.8 Å². The molecule has 0 aliphatic carbocycles. The quantitative estimate of drug-likeness (QED) is 0.732. The molecule has 2 aromatic carbocycles. The molecule has 0 spiro atoms. The predicted molar refractivity (Wildman–Crippen MR) is 84.0 cm³/mol. The van der Waals surface area contributed by atoms with Crippen LogP contribution in [0.15, 0.2) is 53.3 Å². The molecule has 0 unspecified atom stereocenters. The highest BCUT2D eigenvalue weighted by atomic mass is 79.9. The fourth-order valence-corrected chi connectivity index (χ4v) is 2.63. The topological polar surface area (TPSA) is 56.7 Å². The number of halogens is 1. The number of nitrogens with zero attached hydrogens (tertiary/aromatic N) is 3. The van der Waals surface area contributed by atoms with Crippen molar-refractivity contribution in [3.63, 3.8) is 0 Å². The Balaban J connectivity index is 2.28. The van der Waals surface area contributed by atoms with Crippen LogP contribution >= 0.6 is 15.9 Å². The van der Waals surface area contributed by atoms with Crippen molar-refractivity contribution in [2.24, 2.45) is 7.05 Å². The summed E-state index contributed by atoms with van der Waals surface area (Å²) in [5.74, 6) is 0.762. The molecular formula is C15H13BrN4. The van der Waals surface area contributed by atoms with Gasteiger partial charge in [0.2, 0.25) is 0 Å². The molecule has 1 aromatic heterocycles. The van der Waals surface area contributed by atoms with Gasteiger partial charge in [0, 0.05) is 17.2 Å². The Hall–Kier alpha value is -2.14. The van der Waals surface area contributed by atoms with Gasteiger partial charge in [-0.2, -0.15) is 0 Å². The molecule has 4 nitrogen and oxygen atoms in total. The van der Waals surface area contributed by atoms with E-state index < -0.39 is 0 Å². The molecule has 1 heterocycles. The van der Waals surface area contributed by atoms with Crippen LogP contribution in [0.3, 0.4) is 0 Å². The van der Waals surface area contributed by atoms with Crippen molar-refractivity contribution in [2.45, 2.75) is 0 Å². The zero-order valence-electron chi connectivity index (χ0n) is 10.9. The molecule has 20 heavy (non-hydrogen) atoms. The van der Waals surface area contributed by atoms with E-state index in [9.17, 15) is 0 Å². The average Bonchev–Trinajstić information content (AvgIpc) is 2.84. The number of rotatable bonds is 2. The molecule has 0 saturated carbocycles. The lowest BCUT2D eigenvalue weighted by molar-refractivity contribution is 0.920. The zero-order chi connectivity index (χ0) is 14.1. The summed E-state index contributed by atoms with van der Waals surface area (Å²) in [5, 5.41) is 8.12. The molecule has 0 saturated heterocycles. The number of hydrogen-bond acceptors (Lipinski definition) is 3. The molecule has 0 aliphatic heterocycles. The van der Waals surface area contributed by atoms with Gasteiger partial charge in [-0.05, 0) is 29.3 Å². The van der Waals surface area contributed by atoms with Crippen LogP contribution in [0.25, 0.3) is 22.5 Å². The first-order valence-corrected chi connectivity index (χ1v) is 6.95. The summed E-state index contributed by atoms with van der Waals surface area (Å²) in [6.45, 7) is 0. The van der Waals surface area contributed by atoms with Crippen molar-refractivity contribution in [3.8, 4) is 22.5 Å². The lowest BCUT2D eigenvalue weighted by Gasteiger charge is -2.12. The first-order valence-electron chi connectivity index (χ1n) is 6.15. The second-order valence-electron chi connectivity index (χ2n) is 4.55. The van der Waals surface area contributed by atoms with Crippen LogP contribution in [0, 0.1) is 0 Å². The van der Waals surface area contributed by atoms with E-state index in [0.717, 1.165) is 27.0 Å². The summed E-state index contributed by atoms with van der Waals surface area (Å²) < 4.78 is 2.90. The van der Waals surface area contributed by atoms with Crippen LogP contribution in [-0.2, 0) is 7.05 Å². The Morgan fingerprint density at radius 2 is 1.95 bits per heavy atom.